The van der Waals surface area contributed by atoms with Crippen LogP contribution in [0, 0.1) is 0 Å². The molecule has 2 aromatic rings. The number of alkyl halides is 3. The lowest BCUT2D eigenvalue weighted by molar-refractivity contribution is -0.149. The van der Waals surface area contributed by atoms with E-state index < -0.39 is 12.2 Å². The van der Waals surface area contributed by atoms with E-state index in [0.29, 0.717) is 10.8 Å². The second-order valence-corrected chi connectivity index (χ2v) is 3.92. The SMILES string of the molecule is COc1ccc2ccccc2c1[C@@H](N)C(F)(F)F.Cl. The number of hydrogen-bond donors (Lipinski definition) is 1. The minimum atomic E-state index is -4.50. The van der Waals surface area contributed by atoms with Gasteiger partial charge in [0.25, 0.3) is 0 Å². The summed E-state index contributed by atoms with van der Waals surface area (Å²) in [5, 5.41) is 1.16. The molecule has 2 N–H and O–H groups in total. The molecule has 2 nitrogen and oxygen atoms in total. The van der Waals surface area contributed by atoms with Crippen LogP contribution in [0.15, 0.2) is 36.4 Å². The summed E-state index contributed by atoms with van der Waals surface area (Å²) in [5.74, 6) is 0.151. The van der Waals surface area contributed by atoms with E-state index in [-0.39, 0.29) is 23.7 Å². The summed E-state index contributed by atoms with van der Waals surface area (Å²) < 4.78 is 43.4. The zero-order chi connectivity index (χ0) is 13.3. The topological polar surface area (TPSA) is 35.2 Å². The first-order valence-electron chi connectivity index (χ1n) is 5.33. The van der Waals surface area contributed by atoms with E-state index in [0.717, 1.165) is 0 Å². The van der Waals surface area contributed by atoms with Gasteiger partial charge in [0.1, 0.15) is 11.8 Å². The van der Waals surface area contributed by atoms with E-state index in [4.69, 9.17) is 10.5 Å². The highest BCUT2D eigenvalue weighted by Crippen LogP contribution is 2.39. The molecule has 0 aromatic heterocycles. The van der Waals surface area contributed by atoms with Crippen molar-refractivity contribution >= 4 is 23.2 Å². The van der Waals surface area contributed by atoms with Crippen molar-refractivity contribution in [2.24, 2.45) is 5.73 Å². The summed E-state index contributed by atoms with van der Waals surface area (Å²) in [5.41, 5.74) is 5.28. The predicted molar refractivity (Wildman–Crippen MR) is 70.7 cm³/mol. The van der Waals surface area contributed by atoms with Crippen LogP contribution in [0.4, 0.5) is 13.2 Å². The summed E-state index contributed by atoms with van der Waals surface area (Å²) in [6, 6.07) is 7.94. The monoisotopic (exact) mass is 291 g/mol. The highest BCUT2D eigenvalue weighted by Gasteiger charge is 2.40. The van der Waals surface area contributed by atoms with Crippen LogP contribution in [0.1, 0.15) is 11.6 Å². The van der Waals surface area contributed by atoms with Gasteiger partial charge in [-0.1, -0.05) is 30.3 Å². The van der Waals surface area contributed by atoms with Gasteiger partial charge in [-0.25, -0.2) is 0 Å². The fraction of sp³-hybridized carbons (Fsp3) is 0.231. The van der Waals surface area contributed by atoms with Crippen LogP contribution in [-0.2, 0) is 0 Å². The lowest BCUT2D eigenvalue weighted by Crippen LogP contribution is -2.29. The molecule has 2 aromatic carbocycles. The van der Waals surface area contributed by atoms with Crippen molar-refractivity contribution in [3.05, 3.63) is 42.0 Å². The Labute approximate surface area is 114 Å². The molecule has 0 saturated heterocycles. The molecule has 0 aliphatic rings. The molecular weight excluding hydrogens is 279 g/mol. The molecule has 104 valence electrons. The van der Waals surface area contributed by atoms with Crippen molar-refractivity contribution in [1.82, 2.24) is 0 Å². The molecule has 0 amide bonds. The highest BCUT2D eigenvalue weighted by atomic mass is 35.5. The van der Waals surface area contributed by atoms with E-state index in [1.807, 2.05) is 0 Å². The molecule has 19 heavy (non-hydrogen) atoms. The molecule has 0 fully saturated rings. The quantitative estimate of drug-likeness (QED) is 0.912. The molecule has 0 aliphatic heterocycles. The second-order valence-electron chi connectivity index (χ2n) is 3.92. The third kappa shape index (κ3) is 2.93. The van der Waals surface area contributed by atoms with Crippen LogP contribution in [0.3, 0.4) is 0 Å². The van der Waals surface area contributed by atoms with Gasteiger partial charge in [-0.15, -0.1) is 12.4 Å². The van der Waals surface area contributed by atoms with Gasteiger partial charge >= 0.3 is 6.18 Å². The Morgan fingerprint density at radius 3 is 2.32 bits per heavy atom. The molecule has 0 radical (unpaired) electrons. The molecule has 0 spiro atoms. The fourth-order valence-electron chi connectivity index (χ4n) is 1.94. The average Bonchev–Trinajstić information content (AvgIpc) is 2.35. The van der Waals surface area contributed by atoms with Crippen LogP contribution in [0.5, 0.6) is 5.75 Å². The molecule has 1 atom stereocenters. The minimum absolute atomic E-state index is 0. The maximum atomic E-state index is 12.8. The zero-order valence-corrected chi connectivity index (χ0v) is 10.9. The standard InChI is InChI=1S/C13H12F3NO.ClH/c1-18-10-7-6-8-4-2-3-5-9(8)11(10)12(17)13(14,15)16;/h2-7,12H,17H2,1H3;1H/t12-;/m1./s1. The van der Waals surface area contributed by atoms with Crippen LogP contribution >= 0.6 is 12.4 Å². The average molecular weight is 292 g/mol. The van der Waals surface area contributed by atoms with Gasteiger partial charge in [0.05, 0.1) is 7.11 Å². The Balaban J connectivity index is 0.00000180. The number of ether oxygens (including phenoxy) is 1. The predicted octanol–water partition coefficient (Wildman–Crippen LogP) is 3.83. The Morgan fingerprint density at radius 2 is 1.74 bits per heavy atom. The molecule has 0 unspecified atom stereocenters. The Bertz CT molecular complexity index is 571. The molecular formula is C13H13ClF3NO. The van der Waals surface area contributed by atoms with Gasteiger partial charge in [-0.05, 0) is 16.8 Å². The van der Waals surface area contributed by atoms with Gasteiger partial charge in [0.15, 0.2) is 0 Å². The van der Waals surface area contributed by atoms with Gasteiger partial charge in [-0.3, -0.25) is 0 Å². The summed E-state index contributed by atoms with van der Waals surface area (Å²) in [6.45, 7) is 0. The van der Waals surface area contributed by atoms with Crippen molar-refractivity contribution in [3.63, 3.8) is 0 Å². The number of benzene rings is 2. The Kier molecular flexibility index (Phi) is 4.66. The minimum Gasteiger partial charge on any atom is -0.496 e. The fourth-order valence-corrected chi connectivity index (χ4v) is 1.94. The number of fused-ring (bicyclic) bond motifs is 1. The summed E-state index contributed by atoms with van der Waals surface area (Å²) in [4.78, 5) is 0. The summed E-state index contributed by atoms with van der Waals surface area (Å²) in [7, 11) is 1.33. The van der Waals surface area contributed by atoms with Crippen LogP contribution < -0.4 is 10.5 Å². The lowest BCUT2D eigenvalue weighted by atomic mass is 9.97. The van der Waals surface area contributed by atoms with Crippen molar-refractivity contribution in [2.75, 3.05) is 7.11 Å². The highest BCUT2D eigenvalue weighted by molar-refractivity contribution is 5.88. The van der Waals surface area contributed by atoms with E-state index >= 15 is 0 Å². The number of hydrogen-bond acceptors (Lipinski definition) is 2. The first-order valence-corrected chi connectivity index (χ1v) is 5.33. The maximum Gasteiger partial charge on any atom is 0.407 e. The van der Waals surface area contributed by atoms with Crippen molar-refractivity contribution in [1.29, 1.82) is 0 Å². The van der Waals surface area contributed by atoms with Crippen molar-refractivity contribution in [3.8, 4) is 5.75 Å². The summed E-state index contributed by atoms with van der Waals surface area (Å²) >= 11 is 0. The number of methoxy groups -OCH3 is 1. The van der Waals surface area contributed by atoms with Gasteiger partial charge < -0.3 is 10.5 Å². The molecule has 0 saturated carbocycles. The molecule has 0 aliphatic carbocycles. The molecule has 2 rings (SSSR count). The molecule has 0 bridgehead atoms. The number of rotatable bonds is 2. The van der Waals surface area contributed by atoms with E-state index in [2.05, 4.69) is 0 Å². The third-order valence-corrected chi connectivity index (χ3v) is 2.81. The smallest absolute Gasteiger partial charge is 0.407 e. The van der Waals surface area contributed by atoms with Crippen LogP contribution in [0.25, 0.3) is 10.8 Å². The lowest BCUT2D eigenvalue weighted by Gasteiger charge is -2.20. The molecule has 0 heterocycles. The van der Waals surface area contributed by atoms with Gasteiger partial charge in [-0.2, -0.15) is 13.2 Å². The summed E-state index contributed by atoms with van der Waals surface area (Å²) in [6.07, 6.45) is -4.50. The number of nitrogens with two attached hydrogens (primary N) is 1. The largest absolute Gasteiger partial charge is 0.496 e. The van der Waals surface area contributed by atoms with Crippen molar-refractivity contribution in [2.45, 2.75) is 12.2 Å². The maximum absolute atomic E-state index is 12.8. The van der Waals surface area contributed by atoms with Crippen LogP contribution in [-0.4, -0.2) is 13.3 Å². The van der Waals surface area contributed by atoms with Gasteiger partial charge in [0.2, 0.25) is 0 Å². The van der Waals surface area contributed by atoms with E-state index in [1.165, 1.54) is 13.2 Å². The molecule has 6 heteroatoms. The third-order valence-electron chi connectivity index (χ3n) is 2.81. The first-order chi connectivity index (χ1) is 8.45. The van der Waals surface area contributed by atoms with Gasteiger partial charge in [0, 0.05) is 5.56 Å². The van der Waals surface area contributed by atoms with E-state index in [9.17, 15) is 13.2 Å². The van der Waals surface area contributed by atoms with Crippen molar-refractivity contribution < 1.29 is 17.9 Å². The second kappa shape index (κ2) is 5.67. The van der Waals surface area contributed by atoms with E-state index in [1.54, 1.807) is 30.3 Å². The Hall–Kier alpha value is -1.46. The number of halogens is 4. The first kappa shape index (κ1) is 15.6. The van der Waals surface area contributed by atoms with Crippen LogP contribution in [0.2, 0.25) is 0 Å². The Morgan fingerprint density at radius 1 is 1.11 bits per heavy atom. The normalized spacial score (nSPS) is 12.9. The zero-order valence-electron chi connectivity index (χ0n) is 10.1.